The van der Waals surface area contributed by atoms with E-state index in [1.165, 1.54) is 5.39 Å². The SMILES string of the molecule is Cn1cc2cc[c-]cc2n1.[K+]. The first kappa shape index (κ1) is 9.41. The van der Waals surface area contributed by atoms with Crippen molar-refractivity contribution in [1.82, 2.24) is 9.78 Å². The third kappa shape index (κ3) is 1.92. The Hall–Kier alpha value is 0.326. The zero-order chi connectivity index (χ0) is 6.97. The van der Waals surface area contributed by atoms with Crippen LogP contribution >= 0.6 is 0 Å². The van der Waals surface area contributed by atoms with Crippen LogP contribution in [0.2, 0.25) is 0 Å². The maximum atomic E-state index is 4.20. The van der Waals surface area contributed by atoms with Gasteiger partial charge in [0.25, 0.3) is 0 Å². The van der Waals surface area contributed by atoms with Gasteiger partial charge in [-0.15, -0.1) is 6.07 Å². The second-order valence-corrected chi connectivity index (χ2v) is 2.29. The molecular formula is C8H7KN2. The molecule has 1 aromatic carbocycles. The number of hydrogen-bond donors (Lipinski definition) is 0. The fourth-order valence-corrected chi connectivity index (χ4v) is 1.03. The molecule has 11 heavy (non-hydrogen) atoms. The normalized spacial score (nSPS) is 9.55. The van der Waals surface area contributed by atoms with Gasteiger partial charge in [0.1, 0.15) is 0 Å². The van der Waals surface area contributed by atoms with Crippen LogP contribution in [0, 0.1) is 6.07 Å². The third-order valence-electron chi connectivity index (χ3n) is 1.47. The van der Waals surface area contributed by atoms with Gasteiger partial charge < -0.3 is 0 Å². The molecule has 0 aliphatic heterocycles. The summed E-state index contributed by atoms with van der Waals surface area (Å²) >= 11 is 0. The minimum atomic E-state index is 0. The minimum Gasteiger partial charge on any atom is -0.289 e. The molecule has 0 unspecified atom stereocenters. The minimum absolute atomic E-state index is 0. The van der Waals surface area contributed by atoms with Gasteiger partial charge in [-0.05, 0) is 5.52 Å². The first-order chi connectivity index (χ1) is 4.86. The molecule has 2 aromatic rings. The first-order valence-electron chi connectivity index (χ1n) is 3.16. The Morgan fingerprint density at radius 1 is 1.55 bits per heavy atom. The van der Waals surface area contributed by atoms with Gasteiger partial charge in [-0.25, -0.2) is 5.10 Å². The van der Waals surface area contributed by atoms with Gasteiger partial charge in [-0.1, -0.05) is 5.39 Å². The molecule has 3 heteroatoms. The number of nitrogens with zero attached hydrogens (tertiary/aromatic N) is 2. The van der Waals surface area contributed by atoms with Crippen molar-refractivity contribution in [2.45, 2.75) is 0 Å². The Morgan fingerprint density at radius 2 is 2.36 bits per heavy atom. The molecule has 0 radical (unpaired) electrons. The number of rotatable bonds is 0. The van der Waals surface area contributed by atoms with Crippen molar-refractivity contribution in [2.75, 3.05) is 0 Å². The van der Waals surface area contributed by atoms with E-state index in [1.54, 1.807) is 4.68 Å². The summed E-state index contributed by atoms with van der Waals surface area (Å²) in [6, 6.07) is 8.75. The molecule has 0 N–H and O–H groups in total. The molecular weight excluding hydrogens is 163 g/mol. The molecule has 0 amide bonds. The zero-order valence-corrected chi connectivity index (χ0v) is 9.83. The van der Waals surface area contributed by atoms with Crippen LogP contribution in [0.5, 0.6) is 0 Å². The van der Waals surface area contributed by atoms with E-state index in [0.717, 1.165) is 5.52 Å². The van der Waals surface area contributed by atoms with E-state index in [-0.39, 0.29) is 51.4 Å². The van der Waals surface area contributed by atoms with Crippen LogP contribution in [0.1, 0.15) is 0 Å². The van der Waals surface area contributed by atoms with E-state index in [1.807, 2.05) is 31.4 Å². The Bertz CT molecular complexity index is 321. The van der Waals surface area contributed by atoms with Gasteiger partial charge in [0.05, 0.1) is 0 Å². The van der Waals surface area contributed by atoms with Gasteiger partial charge >= 0.3 is 51.4 Å². The van der Waals surface area contributed by atoms with Crippen molar-refractivity contribution in [1.29, 1.82) is 0 Å². The molecule has 0 saturated heterocycles. The van der Waals surface area contributed by atoms with Crippen LogP contribution in [0.3, 0.4) is 0 Å². The van der Waals surface area contributed by atoms with Crippen LogP contribution in [0.15, 0.2) is 24.4 Å². The third-order valence-corrected chi connectivity index (χ3v) is 1.47. The summed E-state index contributed by atoms with van der Waals surface area (Å²) in [6.07, 6.45) is 1.99. The van der Waals surface area contributed by atoms with E-state index in [2.05, 4.69) is 11.2 Å². The first-order valence-corrected chi connectivity index (χ1v) is 3.16. The number of fused-ring (bicyclic) bond motifs is 1. The zero-order valence-electron chi connectivity index (χ0n) is 6.70. The molecule has 50 valence electrons. The van der Waals surface area contributed by atoms with Crippen molar-refractivity contribution in [2.24, 2.45) is 7.05 Å². The van der Waals surface area contributed by atoms with Crippen LogP contribution in [-0.2, 0) is 7.05 Å². The second-order valence-electron chi connectivity index (χ2n) is 2.29. The van der Waals surface area contributed by atoms with Gasteiger partial charge in [0.2, 0.25) is 0 Å². The average molecular weight is 170 g/mol. The number of aryl methyl sites for hydroxylation is 1. The van der Waals surface area contributed by atoms with Crippen molar-refractivity contribution in [3.8, 4) is 0 Å². The fraction of sp³-hybridized carbons (Fsp3) is 0.125. The Morgan fingerprint density at radius 3 is 3.09 bits per heavy atom. The summed E-state index contributed by atoms with van der Waals surface area (Å²) in [4.78, 5) is 0. The number of aromatic nitrogens is 2. The van der Waals surface area contributed by atoms with Gasteiger partial charge in [0, 0.05) is 13.2 Å². The van der Waals surface area contributed by atoms with Crippen molar-refractivity contribution >= 4 is 10.9 Å². The summed E-state index contributed by atoms with van der Waals surface area (Å²) in [5.41, 5.74) is 1.00. The van der Waals surface area contributed by atoms with Crippen molar-refractivity contribution in [3.05, 3.63) is 30.5 Å². The quantitative estimate of drug-likeness (QED) is 0.343. The average Bonchev–Trinajstić information content (AvgIpc) is 2.27. The number of benzene rings is 1. The van der Waals surface area contributed by atoms with Gasteiger partial charge in [0.15, 0.2) is 0 Å². The van der Waals surface area contributed by atoms with Crippen molar-refractivity contribution in [3.63, 3.8) is 0 Å². The van der Waals surface area contributed by atoms with Crippen LogP contribution in [-0.4, -0.2) is 9.78 Å². The van der Waals surface area contributed by atoms with E-state index in [9.17, 15) is 0 Å². The summed E-state index contributed by atoms with van der Waals surface area (Å²) in [5.74, 6) is 0. The molecule has 0 aliphatic carbocycles. The monoisotopic (exact) mass is 170 g/mol. The van der Waals surface area contributed by atoms with Crippen LogP contribution < -0.4 is 51.4 Å². The van der Waals surface area contributed by atoms with Crippen molar-refractivity contribution < 1.29 is 51.4 Å². The molecule has 0 saturated carbocycles. The smallest absolute Gasteiger partial charge is 0.289 e. The Labute approximate surface area is 108 Å². The molecule has 0 bridgehead atoms. The summed E-state index contributed by atoms with van der Waals surface area (Å²) in [6.45, 7) is 0. The van der Waals surface area contributed by atoms with E-state index >= 15 is 0 Å². The predicted octanol–water partition coefficient (Wildman–Crippen LogP) is -1.62. The maximum absolute atomic E-state index is 4.20. The van der Waals surface area contributed by atoms with Gasteiger partial charge in [-0.3, -0.25) is 4.68 Å². The molecule has 1 aromatic heterocycles. The molecule has 0 atom stereocenters. The molecule has 2 nitrogen and oxygen atoms in total. The van der Waals surface area contributed by atoms with Crippen LogP contribution in [0.25, 0.3) is 10.9 Å². The fourth-order valence-electron chi connectivity index (χ4n) is 1.03. The number of hydrogen-bond acceptors (Lipinski definition) is 1. The Kier molecular flexibility index (Phi) is 3.27. The molecule has 2 rings (SSSR count). The molecule has 1 heterocycles. The Balaban J connectivity index is 0.000000605. The predicted molar refractivity (Wildman–Crippen MR) is 39.6 cm³/mol. The molecule has 0 spiro atoms. The molecule has 0 fully saturated rings. The largest absolute Gasteiger partial charge is 1.00 e. The standard InChI is InChI=1S/C8H7N2.K/c1-10-6-7-4-2-3-5-8(7)9-10;/h2,4-6H,1H3;/q-1;+1. The van der Waals surface area contributed by atoms with E-state index in [4.69, 9.17) is 0 Å². The summed E-state index contributed by atoms with van der Waals surface area (Å²) < 4.78 is 1.80. The van der Waals surface area contributed by atoms with Crippen LogP contribution in [0.4, 0.5) is 0 Å². The second kappa shape index (κ2) is 3.82. The summed E-state index contributed by atoms with van der Waals surface area (Å²) in [5, 5.41) is 5.37. The molecule has 0 aliphatic rings. The van der Waals surface area contributed by atoms with Gasteiger partial charge in [-0.2, -0.15) is 18.2 Å². The van der Waals surface area contributed by atoms with E-state index < -0.39 is 0 Å². The maximum Gasteiger partial charge on any atom is 1.00 e. The summed E-state index contributed by atoms with van der Waals surface area (Å²) in [7, 11) is 1.92. The van der Waals surface area contributed by atoms with E-state index in [0.29, 0.717) is 0 Å². The topological polar surface area (TPSA) is 17.8 Å².